The van der Waals surface area contributed by atoms with Crippen LogP contribution in [0.25, 0.3) is 21.6 Å². The Morgan fingerprint density at radius 3 is 2.52 bits per heavy atom. The number of nitrogens with zero attached hydrogens (tertiary/aromatic N) is 3. The number of hydrogen-bond acceptors (Lipinski definition) is 3. The molecule has 0 aliphatic rings. The van der Waals surface area contributed by atoms with E-state index in [9.17, 15) is 9.59 Å². The lowest BCUT2D eigenvalue weighted by Gasteiger charge is -2.08. The third-order valence-electron chi connectivity index (χ3n) is 4.08. The number of carbonyl (C=O) groups is 2. The summed E-state index contributed by atoms with van der Waals surface area (Å²) in [6.45, 7) is 0.887. The second-order valence-corrected chi connectivity index (χ2v) is 6.13. The molecule has 27 heavy (non-hydrogen) atoms. The molecule has 0 unspecified atom stereocenters. The third-order valence-corrected chi connectivity index (χ3v) is 4.08. The zero-order chi connectivity index (χ0) is 19.5. The van der Waals surface area contributed by atoms with E-state index in [1.165, 1.54) is 0 Å². The Hall–Kier alpha value is -3.31. The summed E-state index contributed by atoms with van der Waals surface area (Å²) >= 11 is 0. The van der Waals surface area contributed by atoms with Crippen molar-refractivity contribution in [2.75, 3.05) is 6.54 Å². The highest BCUT2D eigenvalue weighted by Crippen LogP contribution is 2.21. The van der Waals surface area contributed by atoms with E-state index >= 15 is 0 Å². The SMILES string of the molecule is [N-]=[N+]=NCCCCCC(=O)NCc1cccc(-c2cccc(C(=O)O)c2)c1. The van der Waals surface area contributed by atoms with E-state index in [0.29, 0.717) is 19.5 Å². The fourth-order valence-electron chi connectivity index (χ4n) is 2.67. The smallest absolute Gasteiger partial charge is 0.335 e. The van der Waals surface area contributed by atoms with E-state index < -0.39 is 5.97 Å². The number of carboxylic acid groups (broad SMARTS) is 1. The number of hydrogen-bond donors (Lipinski definition) is 2. The number of carboxylic acids is 1. The highest BCUT2D eigenvalue weighted by Gasteiger charge is 2.06. The molecule has 0 fully saturated rings. The third kappa shape index (κ3) is 6.84. The van der Waals surface area contributed by atoms with Gasteiger partial charge >= 0.3 is 5.97 Å². The minimum absolute atomic E-state index is 0.0166. The molecule has 2 N–H and O–H groups in total. The van der Waals surface area contributed by atoms with Crippen LogP contribution in [0.2, 0.25) is 0 Å². The molecule has 0 aliphatic heterocycles. The summed E-state index contributed by atoms with van der Waals surface area (Å²) in [4.78, 5) is 25.7. The summed E-state index contributed by atoms with van der Waals surface area (Å²) in [7, 11) is 0. The number of nitrogens with one attached hydrogen (secondary N) is 1. The molecule has 2 aromatic carbocycles. The lowest BCUT2D eigenvalue weighted by atomic mass is 10.0. The van der Waals surface area contributed by atoms with Gasteiger partial charge in [-0.1, -0.05) is 41.9 Å². The molecule has 140 valence electrons. The van der Waals surface area contributed by atoms with Gasteiger partial charge in [-0.2, -0.15) is 0 Å². The van der Waals surface area contributed by atoms with E-state index in [0.717, 1.165) is 36.0 Å². The molecule has 0 atom stereocenters. The van der Waals surface area contributed by atoms with Crippen molar-refractivity contribution in [3.8, 4) is 11.1 Å². The maximum absolute atomic E-state index is 11.9. The summed E-state index contributed by atoms with van der Waals surface area (Å²) in [5.74, 6) is -0.975. The Labute approximate surface area is 157 Å². The van der Waals surface area contributed by atoms with E-state index in [1.54, 1.807) is 18.2 Å². The Balaban J connectivity index is 1.87. The zero-order valence-electron chi connectivity index (χ0n) is 15.0. The van der Waals surface area contributed by atoms with E-state index in [-0.39, 0.29) is 11.5 Å². The summed E-state index contributed by atoms with van der Waals surface area (Å²) in [6.07, 6.45) is 2.84. The second-order valence-electron chi connectivity index (χ2n) is 6.13. The molecule has 0 spiro atoms. The van der Waals surface area contributed by atoms with E-state index in [4.69, 9.17) is 10.6 Å². The van der Waals surface area contributed by atoms with Gasteiger partial charge in [-0.25, -0.2) is 4.79 Å². The number of carbonyl (C=O) groups excluding carboxylic acids is 1. The molecule has 7 heteroatoms. The molecule has 1 amide bonds. The highest BCUT2D eigenvalue weighted by molar-refractivity contribution is 5.89. The molecule has 0 heterocycles. The molecule has 0 radical (unpaired) electrons. The van der Waals surface area contributed by atoms with Crippen molar-refractivity contribution in [1.29, 1.82) is 0 Å². The Morgan fingerprint density at radius 1 is 1.04 bits per heavy atom. The number of benzene rings is 2. The van der Waals surface area contributed by atoms with E-state index in [2.05, 4.69) is 15.3 Å². The van der Waals surface area contributed by atoms with Gasteiger partial charge in [-0.3, -0.25) is 4.79 Å². The average molecular weight is 366 g/mol. The van der Waals surface area contributed by atoms with Crippen LogP contribution in [0.5, 0.6) is 0 Å². The van der Waals surface area contributed by atoms with Crippen molar-refractivity contribution >= 4 is 11.9 Å². The van der Waals surface area contributed by atoms with Crippen LogP contribution in [0.3, 0.4) is 0 Å². The Morgan fingerprint density at radius 2 is 1.78 bits per heavy atom. The van der Waals surface area contributed by atoms with Gasteiger partial charge in [0, 0.05) is 24.4 Å². The van der Waals surface area contributed by atoms with E-state index in [1.807, 2.05) is 30.3 Å². The van der Waals surface area contributed by atoms with Gasteiger partial charge in [-0.15, -0.1) is 0 Å². The maximum Gasteiger partial charge on any atom is 0.335 e. The zero-order valence-corrected chi connectivity index (χ0v) is 15.0. The van der Waals surface area contributed by atoms with Gasteiger partial charge in [-0.05, 0) is 53.3 Å². The van der Waals surface area contributed by atoms with Crippen LogP contribution in [0.1, 0.15) is 41.6 Å². The van der Waals surface area contributed by atoms with Gasteiger partial charge < -0.3 is 10.4 Å². The van der Waals surface area contributed by atoms with Crippen molar-refractivity contribution in [2.45, 2.75) is 32.2 Å². The van der Waals surface area contributed by atoms with Crippen LogP contribution in [0.4, 0.5) is 0 Å². The fourth-order valence-corrected chi connectivity index (χ4v) is 2.67. The monoisotopic (exact) mass is 366 g/mol. The quantitative estimate of drug-likeness (QED) is 0.278. The molecule has 0 saturated carbocycles. The van der Waals surface area contributed by atoms with Crippen molar-refractivity contribution in [2.24, 2.45) is 5.11 Å². The van der Waals surface area contributed by atoms with Crippen LogP contribution in [0, 0.1) is 0 Å². The molecule has 0 aliphatic carbocycles. The van der Waals surface area contributed by atoms with Gasteiger partial charge in [0.2, 0.25) is 5.91 Å². The van der Waals surface area contributed by atoms with Crippen LogP contribution >= 0.6 is 0 Å². The van der Waals surface area contributed by atoms with Crippen molar-refractivity contribution < 1.29 is 14.7 Å². The van der Waals surface area contributed by atoms with Crippen molar-refractivity contribution in [3.63, 3.8) is 0 Å². The topological polar surface area (TPSA) is 115 Å². The first-order chi connectivity index (χ1) is 13.1. The molecule has 0 saturated heterocycles. The van der Waals surface area contributed by atoms with Crippen LogP contribution < -0.4 is 5.32 Å². The first-order valence-corrected chi connectivity index (χ1v) is 8.80. The van der Waals surface area contributed by atoms with Gasteiger partial charge in [0.05, 0.1) is 5.56 Å². The molecular weight excluding hydrogens is 344 g/mol. The standard InChI is InChI=1S/C20H22N4O3/c21-24-23-11-3-1-2-10-19(25)22-14-15-6-4-7-16(12-15)17-8-5-9-18(13-17)20(26)27/h4-9,12-13H,1-3,10-11,14H2,(H,22,25)(H,26,27). The molecule has 0 bridgehead atoms. The van der Waals surface area contributed by atoms with Crippen molar-refractivity contribution in [3.05, 3.63) is 70.1 Å². The lowest BCUT2D eigenvalue weighted by molar-refractivity contribution is -0.121. The first kappa shape index (κ1) is 20.0. The van der Waals surface area contributed by atoms with Gasteiger partial charge in [0.25, 0.3) is 0 Å². The number of unbranched alkanes of at least 4 members (excludes halogenated alkanes) is 2. The summed E-state index contributed by atoms with van der Waals surface area (Å²) in [5, 5.41) is 15.5. The fraction of sp³-hybridized carbons (Fsp3) is 0.300. The molecule has 7 nitrogen and oxygen atoms in total. The predicted molar refractivity (Wildman–Crippen MR) is 103 cm³/mol. The minimum Gasteiger partial charge on any atom is -0.478 e. The first-order valence-electron chi connectivity index (χ1n) is 8.80. The van der Waals surface area contributed by atoms with Gasteiger partial charge in [0.15, 0.2) is 0 Å². The molecule has 0 aromatic heterocycles. The normalized spacial score (nSPS) is 10.1. The van der Waals surface area contributed by atoms with Crippen LogP contribution in [0.15, 0.2) is 53.6 Å². The predicted octanol–water partition coefficient (Wildman–Crippen LogP) is 4.54. The Kier molecular flexibility index (Phi) is 7.88. The maximum atomic E-state index is 11.9. The van der Waals surface area contributed by atoms with Crippen LogP contribution in [-0.4, -0.2) is 23.5 Å². The van der Waals surface area contributed by atoms with Crippen LogP contribution in [-0.2, 0) is 11.3 Å². The lowest BCUT2D eigenvalue weighted by Crippen LogP contribution is -2.22. The Bertz CT molecular complexity index is 845. The van der Waals surface area contributed by atoms with Crippen molar-refractivity contribution in [1.82, 2.24) is 5.32 Å². The number of amides is 1. The van der Waals surface area contributed by atoms with Gasteiger partial charge in [0.1, 0.15) is 0 Å². The molecule has 2 aromatic rings. The summed E-state index contributed by atoms with van der Waals surface area (Å²) < 4.78 is 0. The number of azide groups is 1. The average Bonchev–Trinajstić information content (AvgIpc) is 2.69. The largest absolute Gasteiger partial charge is 0.478 e. The highest BCUT2D eigenvalue weighted by atomic mass is 16.4. The molecule has 2 rings (SSSR count). The minimum atomic E-state index is -0.959. The second kappa shape index (κ2) is 10.6. The number of rotatable bonds is 10. The molecular formula is C20H22N4O3. The number of aromatic carboxylic acids is 1. The summed E-state index contributed by atoms with van der Waals surface area (Å²) in [5.41, 5.74) is 11.1. The summed E-state index contributed by atoms with van der Waals surface area (Å²) in [6, 6.07) is 14.4.